The Morgan fingerprint density at radius 1 is 1.05 bits per heavy atom. The number of benzene rings is 2. The molecule has 0 atom stereocenters. The van der Waals surface area contributed by atoms with Crippen molar-refractivity contribution in [2.24, 2.45) is 0 Å². The average Bonchev–Trinajstić information content (AvgIpc) is 2.41. The fraction of sp³-hybridized carbons (Fsp3) is 0.0625. The maximum atomic E-state index is 10.6. The zero-order valence-corrected chi connectivity index (χ0v) is 12.0. The Labute approximate surface area is 127 Å². The largest absolute Gasteiger partial charge is 0.478 e. The van der Waals surface area contributed by atoms with Gasteiger partial charge in [-0.25, -0.2) is 4.79 Å². The summed E-state index contributed by atoms with van der Waals surface area (Å²) in [5.74, 6) is -0.984. The lowest BCUT2D eigenvalue weighted by Crippen LogP contribution is -1.93. The van der Waals surface area contributed by atoms with Gasteiger partial charge in [0.05, 0.1) is 0 Å². The van der Waals surface area contributed by atoms with Crippen molar-refractivity contribution in [1.29, 1.82) is 0 Å². The van der Waals surface area contributed by atoms with Crippen LogP contribution >= 0.6 is 23.2 Å². The first-order valence-electron chi connectivity index (χ1n) is 5.98. The van der Waals surface area contributed by atoms with Crippen LogP contribution in [-0.4, -0.2) is 11.1 Å². The van der Waals surface area contributed by atoms with Gasteiger partial charge in [-0.3, -0.25) is 0 Å². The Morgan fingerprint density at radius 2 is 1.70 bits per heavy atom. The van der Waals surface area contributed by atoms with Gasteiger partial charge < -0.3 is 5.11 Å². The lowest BCUT2D eigenvalue weighted by molar-refractivity contribution is -0.131. The molecule has 0 fully saturated rings. The highest BCUT2D eigenvalue weighted by atomic mass is 35.5. The van der Waals surface area contributed by atoms with Gasteiger partial charge >= 0.3 is 5.97 Å². The molecule has 2 rings (SSSR count). The first kappa shape index (κ1) is 14.6. The van der Waals surface area contributed by atoms with Crippen molar-refractivity contribution in [2.45, 2.75) is 6.42 Å². The normalized spacial score (nSPS) is 10.9. The van der Waals surface area contributed by atoms with Crippen LogP contribution in [0.2, 0.25) is 10.0 Å². The summed E-state index contributed by atoms with van der Waals surface area (Å²) in [5.41, 5.74) is 2.91. The van der Waals surface area contributed by atoms with Gasteiger partial charge in [-0.15, -0.1) is 0 Å². The Kier molecular flexibility index (Phi) is 4.83. The van der Waals surface area contributed by atoms with E-state index in [0.29, 0.717) is 16.5 Å². The maximum absolute atomic E-state index is 10.6. The average molecular weight is 307 g/mol. The predicted octanol–water partition coefficient (Wildman–Crippen LogP) is 4.68. The van der Waals surface area contributed by atoms with Crippen LogP contribution in [-0.2, 0) is 11.2 Å². The quantitative estimate of drug-likeness (QED) is 0.833. The lowest BCUT2D eigenvalue weighted by Gasteiger charge is -2.07. The summed E-state index contributed by atoms with van der Waals surface area (Å²) in [6.07, 6.45) is 3.35. The number of rotatable bonds is 4. The number of hydrogen-bond donors (Lipinski definition) is 1. The molecule has 0 heterocycles. The molecule has 0 bridgehead atoms. The van der Waals surface area contributed by atoms with Gasteiger partial charge in [-0.05, 0) is 53.5 Å². The van der Waals surface area contributed by atoms with E-state index in [9.17, 15) is 4.79 Å². The van der Waals surface area contributed by atoms with Gasteiger partial charge in [0.15, 0.2) is 0 Å². The molecule has 0 unspecified atom stereocenters. The SMILES string of the molecule is O=C(O)C=Cc1cc(Cl)ccc1Cc1ccc(Cl)cc1. The Morgan fingerprint density at radius 3 is 2.35 bits per heavy atom. The van der Waals surface area contributed by atoms with Gasteiger partial charge in [0.25, 0.3) is 0 Å². The van der Waals surface area contributed by atoms with Crippen LogP contribution in [0.15, 0.2) is 48.5 Å². The van der Waals surface area contributed by atoms with E-state index in [4.69, 9.17) is 28.3 Å². The molecule has 0 amide bonds. The van der Waals surface area contributed by atoms with Crippen molar-refractivity contribution < 1.29 is 9.90 Å². The van der Waals surface area contributed by atoms with Gasteiger partial charge in [0.1, 0.15) is 0 Å². The number of carbonyl (C=O) groups is 1. The zero-order chi connectivity index (χ0) is 14.5. The Bertz CT molecular complexity index is 646. The summed E-state index contributed by atoms with van der Waals surface area (Å²) < 4.78 is 0. The fourth-order valence-electron chi connectivity index (χ4n) is 1.87. The second-order valence-electron chi connectivity index (χ2n) is 4.32. The molecule has 0 spiro atoms. The minimum Gasteiger partial charge on any atom is -0.478 e. The van der Waals surface area contributed by atoms with E-state index in [1.807, 2.05) is 30.3 Å². The van der Waals surface area contributed by atoms with E-state index in [-0.39, 0.29) is 0 Å². The Balaban J connectivity index is 2.30. The van der Waals surface area contributed by atoms with Gasteiger partial charge in [-0.1, -0.05) is 41.4 Å². The number of carboxylic acid groups (broad SMARTS) is 1. The molecule has 0 aromatic heterocycles. The summed E-state index contributed by atoms with van der Waals surface area (Å²) in [4.78, 5) is 10.6. The van der Waals surface area contributed by atoms with E-state index in [0.717, 1.165) is 22.8 Å². The van der Waals surface area contributed by atoms with Crippen LogP contribution in [0.4, 0.5) is 0 Å². The van der Waals surface area contributed by atoms with Gasteiger partial charge in [0, 0.05) is 16.1 Å². The number of aliphatic carboxylic acids is 1. The smallest absolute Gasteiger partial charge is 0.328 e. The molecule has 4 heteroatoms. The first-order chi connectivity index (χ1) is 9.54. The summed E-state index contributed by atoms with van der Waals surface area (Å²) in [6.45, 7) is 0. The molecule has 0 aliphatic rings. The highest BCUT2D eigenvalue weighted by Gasteiger charge is 2.03. The lowest BCUT2D eigenvalue weighted by atomic mass is 9.99. The van der Waals surface area contributed by atoms with E-state index in [1.54, 1.807) is 18.2 Å². The summed E-state index contributed by atoms with van der Waals surface area (Å²) in [6, 6.07) is 13.0. The van der Waals surface area contributed by atoms with Crippen molar-refractivity contribution in [3.8, 4) is 0 Å². The summed E-state index contributed by atoms with van der Waals surface area (Å²) >= 11 is 11.8. The third-order valence-corrected chi connectivity index (χ3v) is 3.31. The molecular weight excluding hydrogens is 295 g/mol. The molecule has 0 aliphatic heterocycles. The standard InChI is InChI=1S/C16H12Cl2O2/c17-14-5-1-11(2-6-14)9-12-3-7-15(18)10-13(12)4-8-16(19)20/h1-8,10H,9H2,(H,19,20). The second kappa shape index (κ2) is 6.60. The molecule has 0 saturated heterocycles. The van der Waals surface area contributed by atoms with Gasteiger partial charge in [-0.2, -0.15) is 0 Å². The minimum atomic E-state index is -0.984. The van der Waals surface area contributed by atoms with Gasteiger partial charge in [0.2, 0.25) is 0 Å². The van der Waals surface area contributed by atoms with E-state index in [1.165, 1.54) is 0 Å². The highest BCUT2D eigenvalue weighted by Crippen LogP contribution is 2.21. The van der Waals surface area contributed by atoms with Crippen LogP contribution in [0.3, 0.4) is 0 Å². The third kappa shape index (κ3) is 4.12. The van der Waals surface area contributed by atoms with E-state index in [2.05, 4.69) is 0 Å². The predicted molar refractivity (Wildman–Crippen MR) is 82.4 cm³/mol. The van der Waals surface area contributed by atoms with Crippen LogP contribution in [0.5, 0.6) is 0 Å². The topological polar surface area (TPSA) is 37.3 Å². The molecule has 20 heavy (non-hydrogen) atoms. The summed E-state index contributed by atoms with van der Waals surface area (Å²) in [7, 11) is 0. The fourth-order valence-corrected chi connectivity index (χ4v) is 2.17. The van der Waals surface area contributed by atoms with Crippen molar-refractivity contribution in [3.05, 3.63) is 75.3 Å². The van der Waals surface area contributed by atoms with Crippen molar-refractivity contribution in [2.75, 3.05) is 0 Å². The second-order valence-corrected chi connectivity index (χ2v) is 5.19. The van der Waals surface area contributed by atoms with E-state index >= 15 is 0 Å². The monoisotopic (exact) mass is 306 g/mol. The van der Waals surface area contributed by atoms with Crippen molar-refractivity contribution in [1.82, 2.24) is 0 Å². The third-order valence-electron chi connectivity index (χ3n) is 2.82. The molecule has 2 aromatic carbocycles. The van der Waals surface area contributed by atoms with Crippen molar-refractivity contribution >= 4 is 35.2 Å². The molecule has 102 valence electrons. The molecule has 0 aliphatic carbocycles. The number of hydrogen-bond acceptors (Lipinski definition) is 1. The van der Waals surface area contributed by atoms with E-state index < -0.39 is 5.97 Å². The summed E-state index contributed by atoms with van der Waals surface area (Å²) in [5, 5.41) is 9.99. The van der Waals surface area contributed by atoms with Crippen LogP contribution < -0.4 is 0 Å². The molecular formula is C16H12Cl2O2. The molecule has 2 aromatic rings. The zero-order valence-electron chi connectivity index (χ0n) is 10.5. The molecule has 0 saturated carbocycles. The molecule has 2 nitrogen and oxygen atoms in total. The number of halogens is 2. The number of carboxylic acids is 1. The molecule has 1 N–H and O–H groups in total. The maximum Gasteiger partial charge on any atom is 0.328 e. The Hall–Kier alpha value is -1.77. The van der Waals surface area contributed by atoms with Crippen LogP contribution in [0.25, 0.3) is 6.08 Å². The highest BCUT2D eigenvalue weighted by molar-refractivity contribution is 6.31. The van der Waals surface area contributed by atoms with Crippen LogP contribution in [0.1, 0.15) is 16.7 Å². The van der Waals surface area contributed by atoms with Crippen molar-refractivity contribution in [3.63, 3.8) is 0 Å². The first-order valence-corrected chi connectivity index (χ1v) is 6.74. The molecule has 0 radical (unpaired) electrons. The minimum absolute atomic E-state index is 0.579. The van der Waals surface area contributed by atoms with Crippen LogP contribution in [0, 0.1) is 0 Å².